The number of hydrogen-bond acceptors (Lipinski definition) is 4. The van der Waals surface area contributed by atoms with E-state index in [1.807, 2.05) is 49.4 Å². The molecule has 5 rings (SSSR count). The first-order valence-corrected chi connectivity index (χ1v) is 14.1. The number of amides is 1. The average Bonchev–Trinajstić information content (AvgIpc) is 2.97. The lowest BCUT2D eigenvalue weighted by Gasteiger charge is -2.37. The summed E-state index contributed by atoms with van der Waals surface area (Å²) in [7, 11) is 0. The minimum atomic E-state index is -0.507. The predicted molar refractivity (Wildman–Crippen MR) is 158 cm³/mol. The van der Waals surface area contributed by atoms with Gasteiger partial charge in [0.1, 0.15) is 5.82 Å². The van der Waals surface area contributed by atoms with Crippen molar-refractivity contribution >= 4 is 16.7 Å². The molecule has 0 bridgehead atoms. The van der Waals surface area contributed by atoms with E-state index in [1.165, 1.54) is 10.6 Å². The fourth-order valence-corrected chi connectivity index (χ4v) is 5.68. The van der Waals surface area contributed by atoms with Crippen LogP contribution in [0, 0.1) is 5.82 Å². The van der Waals surface area contributed by atoms with Gasteiger partial charge in [0.25, 0.3) is 11.5 Å². The maximum absolute atomic E-state index is 15.3. The minimum Gasteiger partial charge on any atom is -0.345 e. The number of rotatable bonds is 8. The Morgan fingerprint density at radius 3 is 2.15 bits per heavy atom. The monoisotopic (exact) mass is 540 g/mol. The number of halogens is 1. The van der Waals surface area contributed by atoms with Gasteiger partial charge in [0.2, 0.25) is 0 Å². The number of pyridine rings is 1. The van der Waals surface area contributed by atoms with Crippen molar-refractivity contribution in [2.45, 2.75) is 45.8 Å². The van der Waals surface area contributed by atoms with Crippen LogP contribution in [0.3, 0.4) is 0 Å². The SMILES string of the molecule is CC[C@H](NC(=O)c1c(CN2CCN(C(C)C)CC2)n(-c2ccccc2F)c(=O)c2ccccc12)c1ccccc1. The van der Waals surface area contributed by atoms with Gasteiger partial charge in [-0.15, -0.1) is 0 Å². The molecule has 2 heterocycles. The van der Waals surface area contributed by atoms with Crippen LogP contribution in [0.1, 0.15) is 54.8 Å². The molecular weight excluding hydrogens is 503 g/mol. The maximum Gasteiger partial charge on any atom is 0.263 e. The third kappa shape index (κ3) is 5.58. The number of benzene rings is 3. The summed E-state index contributed by atoms with van der Waals surface area (Å²) in [5.74, 6) is -0.777. The van der Waals surface area contributed by atoms with Crippen LogP contribution in [0.2, 0.25) is 0 Å². The predicted octanol–water partition coefficient (Wildman–Crippen LogP) is 5.54. The Balaban J connectivity index is 1.67. The molecule has 1 saturated heterocycles. The molecule has 1 aromatic heterocycles. The number of carbonyl (C=O) groups is 1. The highest BCUT2D eigenvalue weighted by molar-refractivity contribution is 6.08. The normalized spacial score (nSPS) is 15.4. The van der Waals surface area contributed by atoms with Gasteiger partial charge in [-0.05, 0) is 44.0 Å². The summed E-state index contributed by atoms with van der Waals surface area (Å²) in [6.07, 6.45) is 0.702. The summed E-state index contributed by atoms with van der Waals surface area (Å²) >= 11 is 0. The second-order valence-corrected chi connectivity index (χ2v) is 10.7. The smallest absolute Gasteiger partial charge is 0.263 e. The summed E-state index contributed by atoms with van der Waals surface area (Å²) in [6, 6.07) is 23.5. The first-order valence-electron chi connectivity index (χ1n) is 14.1. The topological polar surface area (TPSA) is 57.6 Å². The van der Waals surface area contributed by atoms with Crippen LogP contribution >= 0.6 is 0 Å². The van der Waals surface area contributed by atoms with E-state index in [4.69, 9.17) is 0 Å². The van der Waals surface area contributed by atoms with Crippen LogP contribution in [-0.2, 0) is 6.54 Å². The van der Waals surface area contributed by atoms with Gasteiger partial charge in [-0.25, -0.2) is 4.39 Å². The number of fused-ring (bicyclic) bond motifs is 1. The second kappa shape index (κ2) is 12.1. The Morgan fingerprint density at radius 2 is 1.50 bits per heavy atom. The van der Waals surface area contributed by atoms with E-state index in [0.29, 0.717) is 41.0 Å². The lowest BCUT2D eigenvalue weighted by molar-refractivity contribution is 0.0923. The molecule has 1 aliphatic heterocycles. The van der Waals surface area contributed by atoms with Gasteiger partial charge in [-0.2, -0.15) is 0 Å². The number of nitrogens with one attached hydrogen (secondary N) is 1. The van der Waals surface area contributed by atoms with E-state index in [2.05, 4.69) is 29.0 Å². The van der Waals surface area contributed by atoms with Crippen molar-refractivity contribution < 1.29 is 9.18 Å². The Labute approximate surface area is 235 Å². The Morgan fingerprint density at radius 1 is 0.875 bits per heavy atom. The molecule has 3 aromatic carbocycles. The maximum atomic E-state index is 15.3. The highest BCUT2D eigenvalue weighted by Crippen LogP contribution is 2.27. The minimum absolute atomic E-state index is 0.151. The van der Waals surface area contributed by atoms with Gasteiger partial charge in [-0.1, -0.05) is 67.6 Å². The van der Waals surface area contributed by atoms with Crippen LogP contribution in [-0.4, -0.2) is 52.5 Å². The number of piperazine rings is 1. The van der Waals surface area contributed by atoms with Gasteiger partial charge < -0.3 is 5.32 Å². The largest absolute Gasteiger partial charge is 0.345 e. The van der Waals surface area contributed by atoms with E-state index in [0.717, 1.165) is 31.7 Å². The quantitative estimate of drug-likeness (QED) is 0.319. The van der Waals surface area contributed by atoms with Gasteiger partial charge >= 0.3 is 0 Å². The molecule has 1 amide bonds. The van der Waals surface area contributed by atoms with E-state index < -0.39 is 5.82 Å². The number of aromatic nitrogens is 1. The van der Waals surface area contributed by atoms with Crippen molar-refractivity contribution in [3.8, 4) is 5.69 Å². The molecule has 208 valence electrons. The van der Waals surface area contributed by atoms with Crippen LogP contribution < -0.4 is 10.9 Å². The summed E-state index contributed by atoms with van der Waals surface area (Å²) in [5.41, 5.74) is 1.75. The molecule has 0 spiro atoms. The number of para-hydroxylation sites is 1. The number of carbonyl (C=O) groups excluding carboxylic acids is 1. The third-order valence-electron chi connectivity index (χ3n) is 7.93. The molecule has 0 radical (unpaired) electrons. The van der Waals surface area contributed by atoms with Crippen molar-refractivity contribution in [2.24, 2.45) is 0 Å². The van der Waals surface area contributed by atoms with Gasteiger partial charge in [-0.3, -0.25) is 24.0 Å². The molecular formula is C33H37FN4O2. The molecule has 1 fully saturated rings. The van der Waals surface area contributed by atoms with Crippen molar-refractivity contribution in [2.75, 3.05) is 26.2 Å². The standard InChI is InChI=1S/C33H37FN4O2/c1-4-28(24-12-6-5-7-13-24)35-32(39)31-25-14-8-9-15-26(25)33(40)38(29-17-11-10-16-27(29)34)30(31)22-36-18-20-37(21-19-36)23(2)3/h5-17,23,28H,4,18-22H2,1-3H3,(H,35,39)/t28-/m0/s1. The molecule has 40 heavy (non-hydrogen) atoms. The zero-order chi connectivity index (χ0) is 28.2. The molecule has 4 aromatic rings. The zero-order valence-electron chi connectivity index (χ0n) is 23.4. The highest BCUT2D eigenvalue weighted by atomic mass is 19.1. The molecule has 0 aliphatic carbocycles. The fourth-order valence-electron chi connectivity index (χ4n) is 5.68. The van der Waals surface area contributed by atoms with Crippen LogP contribution in [0.5, 0.6) is 0 Å². The van der Waals surface area contributed by atoms with Gasteiger partial charge in [0.15, 0.2) is 0 Å². The lowest BCUT2D eigenvalue weighted by Crippen LogP contribution is -2.49. The lowest BCUT2D eigenvalue weighted by atomic mass is 9.99. The molecule has 0 saturated carbocycles. The Kier molecular flexibility index (Phi) is 8.43. The Bertz CT molecular complexity index is 1540. The van der Waals surface area contributed by atoms with Crippen LogP contribution in [0.25, 0.3) is 16.5 Å². The van der Waals surface area contributed by atoms with Crippen molar-refractivity contribution in [1.82, 2.24) is 19.7 Å². The molecule has 1 atom stereocenters. The fraction of sp³-hybridized carbons (Fsp3) is 0.333. The first-order chi connectivity index (χ1) is 19.4. The van der Waals surface area contributed by atoms with E-state index in [1.54, 1.807) is 30.3 Å². The number of nitrogens with zero attached hydrogens (tertiary/aromatic N) is 3. The summed E-state index contributed by atoms with van der Waals surface area (Å²) in [6.45, 7) is 10.1. The van der Waals surface area contributed by atoms with Crippen LogP contribution in [0.4, 0.5) is 4.39 Å². The molecule has 1 aliphatic rings. The van der Waals surface area contributed by atoms with Crippen molar-refractivity contribution in [3.05, 3.63) is 112 Å². The summed E-state index contributed by atoms with van der Waals surface area (Å²) in [5, 5.41) is 4.20. The van der Waals surface area contributed by atoms with Crippen molar-refractivity contribution in [3.63, 3.8) is 0 Å². The molecule has 0 unspecified atom stereocenters. The van der Waals surface area contributed by atoms with Crippen molar-refractivity contribution in [1.29, 1.82) is 0 Å². The van der Waals surface area contributed by atoms with E-state index >= 15 is 4.39 Å². The highest BCUT2D eigenvalue weighted by Gasteiger charge is 2.28. The van der Waals surface area contributed by atoms with E-state index in [-0.39, 0.29) is 23.2 Å². The molecule has 1 N–H and O–H groups in total. The van der Waals surface area contributed by atoms with E-state index in [9.17, 15) is 9.59 Å². The second-order valence-electron chi connectivity index (χ2n) is 10.7. The molecule has 6 nitrogen and oxygen atoms in total. The summed E-state index contributed by atoms with van der Waals surface area (Å²) < 4.78 is 16.7. The summed E-state index contributed by atoms with van der Waals surface area (Å²) in [4.78, 5) is 32.9. The zero-order valence-corrected chi connectivity index (χ0v) is 23.4. The first kappa shape index (κ1) is 27.7. The average molecular weight is 541 g/mol. The van der Waals surface area contributed by atoms with Crippen LogP contribution in [0.15, 0.2) is 83.7 Å². The van der Waals surface area contributed by atoms with Gasteiger partial charge in [0, 0.05) is 49.5 Å². The molecule has 7 heteroatoms. The number of hydrogen-bond donors (Lipinski definition) is 1. The van der Waals surface area contributed by atoms with Gasteiger partial charge in [0.05, 0.1) is 23.0 Å². The third-order valence-corrected chi connectivity index (χ3v) is 7.93. The Hall–Kier alpha value is -3.81.